The van der Waals surface area contributed by atoms with E-state index in [1.54, 1.807) is 12.3 Å². The minimum atomic E-state index is -0.322. The summed E-state index contributed by atoms with van der Waals surface area (Å²) in [6.45, 7) is 10.1. The summed E-state index contributed by atoms with van der Waals surface area (Å²) in [7, 11) is 2.91. The summed E-state index contributed by atoms with van der Waals surface area (Å²) >= 11 is 0. The third-order valence-electron chi connectivity index (χ3n) is 6.27. The Morgan fingerprint density at radius 1 is 1.22 bits per heavy atom. The van der Waals surface area contributed by atoms with Crippen molar-refractivity contribution in [3.63, 3.8) is 0 Å². The van der Waals surface area contributed by atoms with Crippen LogP contribution in [0.15, 0.2) is 30.7 Å². The van der Waals surface area contributed by atoms with Gasteiger partial charge in [0.1, 0.15) is 17.7 Å². The Labute approximate surface area is 207 Å². The molecule has 0 bridgehead atoms. The number of amides is 1. The van der Waals surface area contributed by atoms with Crippen LogP contribution in [0, 0.1) is 6.57 Å². The topological polar surface area (TPSA) is 118 Å². The van der Waals surface area contributed by atoms with Crippen LogP contribution in [-0.2, 0) is 16.0 Å². The molecule has 4 heterocycles. The molecule has 0 radical (unpaired) electrons. The number of hydrogen-bond acceptors (Lipinski definition) is 8. The number of anilines is 1. The first-order valence-corrected chi connectivity index (χ1v) is 11.5. The van der Waals surface area contributed by atoms with E-state index in [9.17, 15) is 4.79 Å². The van der Waals surface area contributed by atoms with Crippen LogP contribution in [-0.4, -0.2) is 57.3 Å². The van der Waals surface area contributed by atoms with Crippen molar-refractivity contribution in [2.45, 2.75) is 38.3 Å². The highest BCUT2D eigenvalue weighted by atomic mass is 16.5. The summed E-state index contributed by atoms with van der Waals surface area (Å²) in [6.07, 6.45) is 4.64. The highest BCUT2D eigenvalue weighted by molar-refractivity contribution is 6.04. The summed E-state index contributed by atoms with van der Waals surface area (Å²) in [5.74, 6) is 0.670. The number of benzene rings is 1. The molecule has 0 spiro atoms. The summed E-state index contributed by atoms with van der Waals surface area (Å²) in [5, 5.41) is 3.65. The van der Waals surface area contributed by atoms with E-state index >= 15 is 0 Å². The average molecular weight is 488 g/mol. The first kappa shape index (κ1) is 23.4. The van der Waals surface area contributed by atoms with E-state index in [0.717, 1.165) is 29.3 Å². The van der Waals surface area contributed by atoms with Gasteiger partial charge in [0.2, 0.25) is 17.7 Å². The van der Waals surface area contributed by atoms with Gasteiger partial charge in [0.05, 0.1) is 50.5 Å². The third kappa shape index (κ3) is 4.27. The summed E-state index contributed by atoms with van der Waals surface area (Å²) < 4.78 is 18.5. The number of pyridine rings is 1. The molecular formula is C25H25N7O4. The molecule has 1 fully saturated rings. The van der Waals surface area contributed by atoms with Crippen LogP contribution in [0.2, 0.25) is 0 Å². The van der Waals surface area contributed by atoms with Crippen molar-refractivity contribution < 1.29 is 19.0 Å². The van der Waals surface area contributed by atoms with Crippen molar-refractivity contribution in [3.05, 3.63) is 48.0 Å². The monoisotopic (exact) mass is 487 g/mol. The van der Waals surface area contributed by atoms with Gasteiger partial charge in [-0.1, -0.05) is 6.07 Å². The molecule has 11 heteroatoms. The largest absolute Gasteiger partial charge is 0.479 e. The van der Waals surface area contributed by atoms with Gasteiger partial charge in [-0.25, -0.2) is 9.83 Å². The molecule has 0 saturated carbocycles. The van der Waals surface area contributed by atoms with Crippen molar-refractivity contribution in [2.75, 3.05) is 26.1 Å². The zero-order valence-corrected chi connectivity index (χ0v) is 20.2. The fraction of sp³-hybridized carbons (Fsp3) is 0.360. The van der Waals surface area contributed by atoms with Gasteiger partial charge in [0, 0.05) is 18.0 Å². The molecule has 36 heavy (non-hydrogen) atoms. The van der Waals surface area contributed by atoms with Crippen LogP contribution < -0.4 is 14.8 Å². The molecule has 1 amide bonds. The van der Waals surface area contributed by atoms with E-state index in [1.165, 1.54) is 20.5 Å². The normalized spacial score (nSPS) is 17.6. The third-order valence-corrected chi connectivity index (χ3v) is 6.27. The molecule has 11 nitrogen and oxygen atoms in total. The standard InChI is InChI=1S/C25H25N7O4/c1-14-9-16(7-8-36-14)32-20(11-21(33)31-22-24(34-3)28-13-29-25(22)35-4)30-19-12-27-18-6-5-15(26-2)10-17(18)23(19)32/h5-6,10,12-14,16H,7-9,11H2,1,3-4H3,(H,31,33)/t14-,16-/m1/s1. The van der Waals surface area contributed by atoms with E-state index < -0.39 is 0 Å². The number of imidazole rings is 1. The summed E-state index contributed by atoms with van der Waals surface area (Å²) in [6, 6.07) is 5.50. The molecule has 1 aliphatic rings. The maximum Gasteiger partial charge on any atom is 0.244 e. The minimum Gasteiger partial charge on any atom is -0.479 e. The number of methoxy groups -OCH3 is 2. The Balaban J connectivity index is 1.60. The summed E-state index contributed by atoms with van der Waals surface area (Å²) in [4.78, 5) is 34.3. The lowest BCUT2D eigenvalue weighted by Gasteiger charge is -2.30. The molecule has 184 valence electrons. The Bertz CT molecular complexity index is 1470. The number of aromatic nitrogens is 5. The SMILES string of the molecule is [C-]#[N+]c1ccc2ncc3nc(CC(=O)Nc4c(OC)ncnc4OC)n([C@@H]4CCO[C@H](C)C4)c3c2c1. The van der Waals surface area contributed by atoms with Gasteiger partial charge in [-0.2, -0.15) is 9.97 Å². The predicted octanol–water partition coefficient (Wildman–Crippen LogP) is 3.86. The van der Waals surface area contributed by atoms with E-state index in [4.69, 9.17) is 25.8 Å². The smallest absolute Gasteiger partial charge is 0.244 e. The van der Waals surface area contributed by atoms with Gasteiger partial charge in [-0.05, 0) is 31.9 Å². The molecule has 1 aliphatic heterocycles. The highest BCUT2D eigenvalue weighted by Crippen LogP contribution is 2.35. The second-order valence-electron chi connectivity index (χ2n) is 8.56. The van der Waals surface area contributed by atoms with Gasteiger partial charge in [0.15, 0.2) is 11.4 Å². The molecule has 2 atom stereocenters. The van der Waals surface area contributed by atoms with Crippen LogP contribution in [0.5, 0.6) is 11.8 Å². The molecule has 4 aromatic rings. The van der Waals surface area contributed by atoms with Gasteiger partial charge >= 0.3 is 0 Å². The van der Waals surface area contributed by atoms with Crippen LogP contribution in [0.1, 0.15) is 31.6 Å². The van der Waals surface area contributed by atoms with Gasteiger partial charge < -0.3 is 24.1 Å². The van der Waals surface area contributed by atoms with Crippen LogP contribution >= 0.6 is 0 Å². The van der Waals surface area contributed by atoms with Gasteiger partial charge in [-0.3, -0.25) is 9.78 Å². The Morgan fingerprint density at radius 2 is 2.00 bits per heavy atom. The number of rotatable bonds is 6. The van der Waals surface area contributed by atoms with Crippen LogP contribution in [0.4, 0.5) is 11.4 Å². The number of carbonyl (C=O) groups excluding carboxylic acids is 1. The maximum absolute atomic E-state index is 13.2. The lowest BCUT2D eigenvalue weighted by molar-refractivity contribution is -0.115. The van der Waals surface area contributed by atoms with Gasteiger partial charge in [0.25, 0.3) is 0 Å². The predicted molar refractivity (Wildman–Crippen MR) is 132 cm³/mol. The Kier molecular flexibility index (Phi) is 6.35. The van der Waals surface area contributed by atoms with Crippen molar-refractivity contribution >= 4 is 39.2 Å². The lowest BCUT2D eigenvalue weighted by atomic mass is 10.0. The van der Waals surface area contributed by atoms with E-state index in [1.807, 2.05) is 19.1 Å². The average Bonchev–Trinajstić information content (AvgIpc) is 3.26. The Hall–Kier alpha value is -4.30. The molecule has 5 rings (SSSR count). The van der Waals surface area contributed by atoms with Crippen LogP contribution in [0.3, 0.4) is 0 Å². The molecule has 1 saturated heterocycles. The molecule has 1 N–H and O–H groups in total. The molecule has 0 unspecified atom stereocenters. The minimum absolute atomic E-state index is 0.00831. The molecule has 0 aliphatic carbocycles. The highest BCUT2D eigenvalue weighted by Gasteiger charge is 2.27. The zero-order chi connectivity index (χ0) is 25.2. The number of nitrogens with one attached hydrogen (secondary N) is 1. The quantitative estimate of drug-likeness (QED) is 0.408. The first-order valence-electron chi connectivity index (χ1n) is 11.5. The zero-order valence-electron chi connectivity index (χ0n) is 20.2. The van der Waals surface area contributed by atoms with Crippen molar-refractivity contribution in [1.29, 1.82) is 0 Å². The number of nitrogens with zero attached hydrogens (tertiary/aromatic N) is 6. The molecular weight excluding hydrogens is 462 g/mol. The van der Waals surface area contributed by atoms with E-state index in [2.05, 4.69) is 29.7 Å². The van der Waals surface area contributed by atoms with Crippen molar-refractivity contribution in [3.8, 4) is 11.8 Å². The van der Waals surface area contributed by atoms with Gasteiger partial charge in [-0.15, -0.1) is 0 Å². The Morgan fingerprint density at radius 3 is 2.69 bits per heavy atom. The second kappa shape index (κ2) is 9.75. The van der Waals surface area contributed by atoms with Crippen molar-refractivity contribution in [2.24, 2.45) is 0 Å². The second-order valence-corrected chi connectivity index (χ2v) is 8.56. The molecule has 1 aromatic carbocycles. The van der Waals surface area contributed by atoms with Crippen molar-refractivity contribution in [1.82, 2.24) is 24.5 Å². The lowest BCUT2D eigenvalue weighted by Crippen LogP contribution is -2.27. The number of hydrogen-bond donors (Lipinski definition) is 1. The van der Waals surface area contributed by atoms with E-state index in [-0.39, 0.29) is 41.9 Å². The van der Waals surface area contributed by atoms with E-state index in [0.29, 0.717) is 23.6 Å². The van der Waals surface area contributed by atoms with Crippen LogP contribution in [0.25, 0.3) is 26.8 Å². The maximum atomic E-state index is 13.2. The summed E-state index contributed by atoms with van der Waals surface area (Å²) in [5.41, 5.74) is 3.08. The number of carbonyl (C=O) groups is 1. The molecule has 3 aromatic heterocycles. The number of fused-ring (bicyclic) bond motifs is 3. The number of ether oxygens (including phenoxy) is 3. The fourth-order valence-corrected chi connectivity index (χ4v) is 4.71. The first-order chi connectivity index (χ1) is 17.5. The fourth-order valence-electron chi connectivity index (χ4n) is 4.71.